The van der Waals surface area contributed by atoms with E-state index in [0.29, 0.717) is 23.7 Å². The SMILES string of the molecule is COCCn1c(=NC(=O)CCS(=O)(=O)c2ccc(OC)cc2)sc2c(C)cc(C)cc21. The van der Waals surface area contributed by atoms with E-state index in [9.17, 15) is 13.2 Å². The first-order valence-corrected chi connectivity index (χ1v) is 12.3. The van der Waals surface area contributed by atoms with Crippen LogP contribution in [0.5, 0.6) is 5.75 Å². The first-order chi connectivity index (χ1) is 14.7. The molecule has 31 heavy (non-hydrogen) atoms. The first kappa shape index (κ1) is 23.2. The molecule has 1 amide bonds. The maximum absolute atomic E-state index is 12.6. The molecular formula is C22H26N2O5S2. The third-order valence-electron chi connectivity index (χ3n) is 4.86. The van der Waals surface area contributed by atoms with Gasteiger partial charge in [-0.25, -0.2) is 8.42 Å². The number of benzene rings is 2. The van der Waals surface area contributed by atoms with Gasteiger partial charge in [0.1, 0.15) is 5.75 Å². The van der Waals surface area contributed by atoms with Gasteiger partial charge in [0, 0.05) is 20.1 Å². The van der Waals surface area contributed by atoms with Crippen molar-refractivity contribution < 1.29 is 22.7 Å². The average molecular weight is 463 g/mol. The van der Waals surface area contributed by atoms with Gasteiger partial charge in [-0.05, 0) is 55.3 Å². The van der Waals surface area contributed by atoms with Gasteiger partial charge in [-0.1, -0.05) is 17.4 Å². The molecule has 7 nitrogen and oxygen atoms in total. The summed E-state index contributed by atoms with van der Waals surface area (Å²) < 4.78 is 38.4. The van der Waals surface area contributed by atoms with Gasteiger partial charge in [0.2, 0.25) is 5.91 Å². The highest BCUT2D eigenvalue weighted by Gasteiger charge is 2.17. The molecule has 0 N–H and O–H groups in total. The van der Waals surface area contributed by atoms with E-state index < -0.39 is 15.7 Å². The van der Waals surface area contributed by atoms with Gasteiger partial charge >= 0.3 is 0 Å². The van der Waals surface area contributed by atoms with Crippen molar-refractivity contribution in [3.8, 4) is 5.75 Å². The predicted molar refractivity (Wildman–Crippen MR) is 121 cm³/mol. The molecule has 1 aromatic heterocycles. The van der Waals surface area contributed by atoms with Gasteiger partial charge < -0.3 is 14.0 Å². The highest BCUT2D eigenvalue weighted by molar-refractivity contribution is 7.91. The number of amides is 1. The zero-order valence-electron chi connectivity index (χ0n) is 18.0. The fourth-order valence-corrected chi connectivity index (χ4v) is 5.63. The molecule has 1 heterocycles. The van der Waals surface area contributed by atoms with Crippen LogP contribution >= 0.6 is 11.3 Å². The minimum atomic E-state index is -3.59. The molecule has 3 rings (SSSR count). The molecule has 0 radical (unpaired) electrons. The van der Waals surface area contributed by atoms with Crippen molar-refractivity contribution in [3.05, 3.63) is 52.3 Å². The topological polar surface area (TPSA) is 87.0 Å². The second kappa shape index (κ2) is 9.76. The number of nitrogens with zero attached hydrogens (tertiary/aromatic N) is 2. The largest absolute Gasteiger partial charge is 0.497 e. The van der Waals surface area contributed by atoms with Crippen molar-refractivity contribution in [2.45, 2.75) is 31.7 Å². The third kappa shape index (κ3) is 5.41. The van der Waals surface area contributed by atoms with Gasteiger partial charge in [-0.3, -0.25) is 4.79 Å². The van der Waals surface area contributed by atoms with Crippen LogP contribution in [0.25, 0.3) is 10.2 Å². The lowest BCUT2D eigenvalue weighted by Gasteiger charge is -2.06. The Morgan fingerprint density at radius 3 is 2.48 bits per heavy atom. The van der Waals surface area contributed by atoms with E-state index in [0.717, 1.165) is 21.3 Å². The molecule has 3 aromatic rings. The lowest BCUT2D eigenvalue weighted by atomic mass is 10.1. The molecule has 0 aliphatic rings. The van der Waals surface area contributed by atoms with Crippen molar-refractivity contribution >= 4 is 37.3 Å². The molecule has 9 heteroatoms. The van der Waals surface area contributed by atoms with Crippen molar-refractivity contribution in [3.63, 3.8) is 0 Å². The standard InChI is InChI=1S/C22H26N2O5S2/c1-15-13-16(2)21-19(14-15)24(10-11-28-3)22(30-21)23-20(25)9-12-31(26,27)18-7-5-17(29-4)6-8-18/h5-8,13-14H,9-12H2,1-4H3. The van der Waals surface area contributed by atoms with E-state index >= 15 is 0 Å². The molecule has 0 unspecified atom stereocenters. The number of rotatable bonds is 8. The Balaban J connectivity index is 1.86. The average Bonchev–Trinajstić information content (AvgIpc) is 3.08. The fraction of sp³-hybridized carbons (Fsp3) is 0.364. The number of hydrogen-bond acceptors (Lipinski definition) is 6. The summed E-state index contributed by atoms with van der Waals surface area (Å²) in [6.07, 6.45) is -0.190. The number of hydrogen-bond donors (Lipinski definition) is 0. The number of ether oxygens (including phenoxy) is 2. The third-order valence-corrected chi connectivity index (χ3v) is 7.82. The monoisotopic (exact) mass is 462 g/mol. The van der Waals surface area contributed by atoms with E-state index in [1.165, 1.54) is 30.6 Å². The second-order valence-electron chi connectivity index (χ2n) is 7.21. The molecule has 0 saturated carbocycles. The number of aryl methyl sites for hydroxylation is 2. The Hall–Kier alpha value is -2.49. The molecule has 0 spiro atoms. The Kier molecular flexibility index (Phi) is 7.30. The minimum Gasteiger partial charge on any atom is -0.497 e. The number of sulfone groups is 1. The van der Waals surface area contributed by atoms with Crippen LogP contribution in [0.4, 0.5) is 0 Å². The Morgan fingerprint density at radius 1 is 1.13 bits per heavy atom. The number of aromatic nitrogens is 1. The summed E-state index contributed by atoms with van der Waals surface area (Å²) in [4.78, 5) is 17.5. The number of methoxy groups -OCH3 is 2. The van der Waals surface area contributed by atoms with Gasteiger partial charge in [-0.2, -0.15) is 4.99 Å². The van der Waals surface area contributed by atoms with Crippen molar-refractivity contribution in [1.29, 1.82) is 0 Å². The second-order valence-corrected chi connectivity index (χ2v) is 10.3. The summed E-state index contributed by atoms with van der Waals surface area (Å²) >= 11 is 1.43. The van der Waals surface area contributed by atoms with Crippen molar-refractivity contribution in [2.75, 3.05) is 26.6 Å². The van der Waals surface area contributed by atoms with E-state index in [1.54, 1.807) is 19.2 Å². The number of fused-ring (bicyclic) bond motifs is 1. The molecule has 0 atom stereocenters. The Labute approximate surface area is 185 Å². The Morgan fingerprint density at radius 2 is 1.84 bits per heavy atom. The van der Waals surface area contributed by atoms with Gasteiger partial charge in [0.05, 0.1) is 34.6 Å². The zero-order valence-corrected chi connectivity index (χ0v) is 19.7. The van der Waals surface area contributed by atoms with E-state index in [1.807, 2.05) is 18.4 Å². The summed E-state index contributed by atoms with van der Waals surface area (Å²) in [7, 11) is -0.458. The predicted octanol–water partition coefficient (Wildman–Crippen LogP) is 3.27. The molecular weight excluding hydrogens is 436 g/mol. The van der Waals surface area contributed by atoms with E-state index in [4.69, 9.17) is 9.47 Å². The highest BCUT2D eigenvalue weighted by atomic mass is 32.2. The first-order valence-electron chi connectivity index (χ1n) is 9.79. The number of carbonyl (C=O) groups is 1. The maximum Gasteiger partial charge on any atom is 0.249 e. The van der Waals surface area contributed by atoms with Crippen LogP contribution in [0.2, 0.25) is 0 Å². The summed E-state index contributed by atoms with van der Waals surface area (Å²) in [5, 5.41) is 0. The highest BCUT2D eigenvalue weighted by Crippen LogP contribution is 2.23. The Bertz CT molecular complexity index is 1260. The van der Waals surface area contributed by atoms with Crippen molar-refractivity contribution in [1.82, 2.24) is 4.57 Å². The van der Waals surface area contributed by atoms with Gasteiger partial charge in [0.25, 0.3) is 0 Å². The molecule has 0 aliphatic carbocycles. The smallest absolute Gasteiger partial charge is 0.249 e. The lowest BCUT2D eigenvalue weighted by molar-refractivity contribution is -0.117. The summed E-state index contributed by atoms with van der Waals surface area (Å²) in [6.45, 7) is 5.08. The van der Waals surface area contributed by atoms with Crippen molar-refractivity contribution in [2.24, 2.45) is 4.99 Å². The zero-order chi connectivity index (χ0) is 22.6. The summed E-state index contributed by atoms with van der Waals surface area (Å²) in [6, 6.07) is 10.3. The lowest BCUT2D eigenvalue weighted by Crippen LogP contribution is -2.20. The molecule has 0 aliphatic heterocycles. The molecule has 0 saturated heterocycles. The molecule has 2 aromatic carbocycles. The fourth-order valence-electron chi connectivity index (χ4n) is 3.28. The van der Waals surface area contributed by atoms with Crippen LogP contribution in [0.15, 0.2) is 46.3 Å². The van der Waals surface area contributed by atoms with Gasteiger partial charge in [0.15, 0.2) is 14.6 Å². The van der Waals surface area contributed by atoms with Crippen LogP contribution in [0, 0.1) is 13.8 Å². The van der Waals surface area contributed by atoms with Crippen LogP contribution in [0.3, 0.4) is 0 Å². The van der Waals surface area contributed by atoms with E-state index in [-0.39, 0.29) is 17.1 Å². The van der Waals surface area contributed by atoms with E-state index in [2.05, 4.69) is 17.1 Å². The molecule has 166 valence electrons. The number of thiazole rings is 1. The summed E-state index contributed by atoms with van der Waals surface area (Å²) in [5.74, 6) is -0.201. The normalized spacial score (nSPS) is 12.5. The molecule has 0 fully saturated rings. The van der Waals surface area contributed by atoms with Crippen LogP contribution in [0.1, 0.15) is 17.5 Å². The van der Waals surface area contributed by atoms with Crippen LogP contribution in [-0.2, 0) is 25.9 Å². The molecule has 0 bridgehead atoms. The number of carbonyl (C=O) groups excluding carboxylic acids is 1. The quantitative estimate of drug-likeness (QED) is 0.513. The summed E-state index contributed by atoms with van der Waals surface area (Å²) in [5.41, 5.74) is 3.23. The minimum absolute atomic E-state index is 0.157. The van der Waals surface area contributed by atoms with Crippen LogP contribution < -0.4 is 9.54 Å². The maximum atomic E-state index is 12.6. The van der Waals surface area contributed by atoms with Gasteiger partial charge in [-0.15, -0.1) is 0 Å². The van der Waals surface area contributed by atoms with Crippen LogP contribution in [-0.4, -0.2) is 45.5 Å².